The average Bonchev–Trinajstić information content (AvgIpc) is 3.05. The summed E-state index contributed by atoms with van der Waals surface area (Å²) in [5.74, 6) is -0.124. The summed E-state index contributed by atoms with van der Waals surface area (Å²) in [6, 6.07) is 0. The van der Waals surface area contributed by atoms with Crippen LogP contribution in [-0.4, -0.2) is 34.5 Å². The van der Waals surface area contributed by atoms with E-state index in [4.69, 9.17) is 4.74 Å². The number of imidazole rings is 1. The summed E-state index contributed by atoms with van der Waals surface area (Å²) in [5.41, 5.74) is 1.57. The predicted molar refractivity (Wildman–Crippen MR) is 69.1 cm³/mol. The third-order valence-corrected chi connectivity index (χ3v) is 4.09. The molecule has 3 rings (SSSR count). The number of aryl methyl sites for hydroxylation is 1. The predicted octanol–water partition coefficient (Wildman–Crippen LogP) is 1.61. The second-order valence-electron chi connectivity index (χ2n) is 4.50. The molecule has 0 bridgehead atoms. The van der Waals surface area contributed by atoms with Crippen molar-refractivity contribution in [2.45, 2.75) is 25.9 Å². The van der Waals surface area contributed by atoms with Gasteiger partial charge in [0.25, 0.3) is 5.91 Å². The fourth-order valence-electron chi connectivity index (χ4n) is 2.11. The molecule has 1 aliphatic rings. The van der Waals surface area contributed by atoms with Gasteiger partial charge in [0.1, 0.15) is 5.69 Å². The summed E-state index contributed by atoms with van der Waals surface area (Å²) in [7, 11) is 0. The zero-order valence-corrected chi connectivity index (χ0v) is 11.0. The Hall–Kier alpha value is -1.40. The van der Waals surface area contributed by atoms with Crippen LogP contribution in [0.2, 0.25) is 0 Å². The van der Waals surface area contributed by atoms with Crippen molar-refractivity contribution in [3.8, 4) is 0 Å². The summed E-state index contributed by atoms with van der Waals surface area (Å²) in [6.07, 6.45) is 4.06. The van der Waals surface area contributed by atoms with Crippen LogP contribution in [0.25, 0.3) is 4.96 Å². The van der Waals surface area contributed by atoms with Crippen molar-refractivity contribution >= 4 is 22.2 Å². The Balaban J connectivity index is 1.67. The highest BCUT2D eigenvalue weighted by Gasteiger charge is 2.18. The number of carbonyl (C=O) groups excluding carboxylic acids is 1. The fourth-order valence-corrected chi connectivity index (χ4v) is 2.96. The number of ether oxygens (including phenoxy) is 1. The number of amides is 1. The van der Waals surface area contributed by atoms with Gasteiger partial charge in [0.15, 0.2) is 4.96 Å². The largest absolute Gasteiger partial charge is 0.376 e. The van der Waals surface area contributed by atoms with Gasteiger partial charge in [-0.1, -0.05) is 0 Å². The number of rotatable bonds is 3. The van der Waals surface area contributed by atoms with E-state index in [1.54, 1.807) is 17.5 Å². The maximum absolute atomic E-state index is 11.9. The molecule has 1 atom stereocenters. The number of hydrogen-bond donors (Lipinski definition) is 1. The van der Waals surface area contributed by atoms with Crippen molar-refractivity contribution in [3.05, 3.63) is 23.0 Å². The van der Waals surface area contributed by atoms with Gasteiger partial charge in [-0.2, -0.15) is 0 Å². The number of nitrogens with one attached hydrogen (secondary N) is 1. The number of thiazole rings is 1. The van der Waals surface area contributed by atoms with E-state index in [1.807, 2.05) is 16.7 Å². The van der Waals surface area contributed by atoms with Gasteiger partial charge in [-0.15, -0.1) is 11.3 Å². The van der Waals surface area contributed by atoms with Gasteiger partial charge in [-0.05, 0) is 19.8 Å². The molecule has 1 aliphatic heterocycles. The van der Waals surface area contributed by atoms with Crippen molar-refractivity contribution in [3.63, 3.8) is 0 Å². The zero-order chi connectivity index (χ0) is 12.5. The van der Waals surface area contributed by atoms with Crippen LogP contribution < -0.4 is 5.32 Å². The monoisotopic (exact) mass is 265 g/mol. The second-order valence-corrected chi connectivity index (χ2v) is 5.34. The van der Waals surface area contributed by atoms with Crippen molar-refractivity contribution in [2.75, 3.05) is 13.2 Å². The van der Waals surface area contributed by atoms with Crippen LogP contribution in [0.1, 0.15) is 29.0 Å². The molecule has 1 saturated heterocycles. The molecule has 1 unspecified atom stereocenters. The van der Waals surface area contributed by atoms with Gasteiger partial charge < -0.3 is 10.1 Å². The molecule has 0 radical (unpaired) electrons. The lowest BCUT2D eigenvalue weighted by atomic mass is 10.2. The molecule has 3 heterocycles. The van der Waals surface area contributed by atoms with Gasteiger partial charge in [0.05, 0.1) is 6.10 Å². The molecule has 1 N–H and O–H groups in total. The number of nitrogens with zero attached hydrogens (tertiary/aromatic N) is 2. The first-order valence-corrected chi connectivity index (χ1v) is 6.95. The first-order chi connectivity index (χ1) is 8.74. The summed E-state index contributed by atoms with van der Waals surface area (Å²) in [6.45, 7) is 3.38. The molecule has 0 saturated carbocycles. The van der Waals surface area contributed by atoms with Gasteiger partial charge in [-0.3, -0.25) is 9.20 Å². The zero-order valence-electron chi connectivity index (χ0n) is 10.2. The maximum Gasteiger partial charge on any atom is 0.271 e. The molecular formula is C12H15N3O2S. The lowest BCUT2D eigenvalue weighted by Gasteiger charge is -2.09. The fraction of sp³-hybridized carbons (Fsp3) is 0.500. The molecule has 1 fully saturated rings. The highest BCUT2D eigenvalue weighted by molar-refractivity contribution is 7.15. The van der Waals surface area contributed by atoms with Crippen LogP contribution in [0.15, 0.2) is 11.6 Å². The summed E-state index contributed by atoms with van der Waals surface area (Å²) < 4.78 is 7.40. The molecule has 0 aromatic carbocycles. The second kappa shape index (κ2) is 4.70. The highest BCUT2D eigenvalue weighted by Crippen LogP contribution is 2.16. The van der Waals surface area contributed by atoms with E-state index in [2.05, 4.69) is 10.3 Å². The maximum atomic E-state index is 11.9. The van der Waals surface area contributed by atoms with Crippen LogP contribution in [-0.2, 0) is 4.74 Å². The normalized spacial score (nSPS) is 19.5. The third-order valence-electron chi connectivity index (χ3n) is 3.14. The smallest absolute Gasteiger partial charge is 0.271 e. The molecule has 96 valence electrons. The quantitative estimate of drug-likeness (QED) is 0.917. The Morgan fingerprint density at radius 1 is 1.72 bits per heavy atom. The Labute approximate surface area is 109 Å². The van der Waals surface area contributed by atoms with Crippen LogP contribution in [0.3, 0.4) is 0 Å². The molecule has 2 aromatic rings. The lowest BCUT2D eigenvalue weighted by molar-refractivity contribution is 0.0854. The topological polar surface area (TPSA) is 55.6 Å². The van der Waals surface area contributed by atoms with Gasteiger partial charge in [0.2, 0.25) is 0 Å². The van der Waals surface area contributed by atoms with Crippen LogP contribution in [0.5, 0.6) is 0 Å². The number of hydrogen-bond acceptors (Lipinski definition) is 4. The van der Waals surface area contributed by atoms with Crippen molar-refractivity contribution in [2.24, 2.45) is 0 Å². The molecule has 0 aliphatic carbocycles. The minimum absolute atomic E-state index is 0.124. The molecule has 18 heavy (non-hydrogen) atoms. The molecule has 2 aromatic heterocycles. The van der Waals surface area contributed by atoms with Gasteiger partial charge in [-0.25, -0.2) is 4.98 Å². The van der Waals surface area contributed by atoms with E-state index in [1.165, 1.54) is 0 Å². The average molecular weight is 265 g/mol. The first-order valence-electron chi connectivity index (χ1n) is 6.07. The van der Waals surface area contributed by atoms with E-state index in [0.717, 1.165) is 30.1 Å². The van der Waals surface area contributed by atoms with Crippen molar-refractivity contribution in [1.82, 2.24) is 14.7 Å². The minimum atomic E-state index is -0.124. The Kier molecular flexibility index (Phi) is 3.05. The molecule has 0 spiro atoms. The lowest BCUT2D eigenvalue weighted by Crippen LogP contribution is -2.31. The Morgan fingerprint density at radius 3 is 3.33 bits per heavy atom. The van der Waals surface area contributed by atoms with Crippen LogP contribution in [0, 0.1) is 6.92 Å². The molecule has 1 amide bonds. The van der Waals surface area contributed by atoms with E-state index in [9.17, 15) is 4.79 Å². The summed E-state index contributed by atoms with van der Waals surface area (Å²) >= 11 is 1.54. The number of carbonyl (C=O) groups is 1. The summed E-state index contributed by atoms with van der Waals surface area (Å²) in [4.78, 5) is 17.1. The number of aromatic nitrogens is 2. The van der Waals surface area contributed by atoms with Crippen LogP contribution >= 0.6 is 11.3 Å². The summed E-state index contributed by atoms with van der Waals surface area (Å²) in [5, 5.41) is 4.90. The standard InChI is InChI=1S/C12H15N3O2S/c1-8-7-18-12-14-10(6-15(8)12)11(16)13-5-9-3-2-4-17-9/h6-7,9H,2-5H2,1H3,(H,13,16). The highest BCUT2D eigenvalue weighted by atomic mass is 32.1. The van der Waals surface area contributed by atoms with E-state index >= 15 is 0 Å². The minimum Gasteiger partial charge on any atom is -0.376 e. The molecule has 6 heteroatoms. The third kappa shape index (κ3) is 2.13. The van der Waals surface area contributed by atoms with Crippen molar-refractivity contribution < 1.29 is 9.53 Å². The molecule has 5 nitrogen and oxygen atoms in total. The van der Waals surface area contributed by atoms with E-state index in [0.29, 0.717) is 12.2 Å². The van der Waals surface area contributed by atoms with E-state index in [-0.39, 0.29) is 12.0 Å². The Morgan fingerprint density at radius 2 is 2.61 bits per heavy atom. The van der Waals surface area contributed by atoms with Gasteiger partial charge in [0, 0.05) is 30.4 Å². The van der Waals surface area contributed by atoms with Gasteiger partial charge >= 0.3 is 0 Å². The Bertz CT molecular complexity index is 569. The molecular weight excluding hydrogens is 250 g/mol. The SMILES string of the molecule is Cc1csc2nc(C(=O)NCC3CCCO3)cn12. The number of fused-ring (bicyclic) bond motifs is 1. The van der Waals surface area contributed by atoms with Crippen molar-refractivity contribution in [1.29, 1.82) is 0 Å². The van der Waals surface area contributed by atoms with E-state index < -0.39 is 0 Å². The first kappa shape index (κ1) is 11.7. The van der Waals surface area contributed by atoms with Crippen LogP contribution in [0.4, 0.5) is 0 Å².